The molecule has 1 aliphatic carbocycles. The van der Waals surface area contributed by atoms with Crippen LogP contribution in [0.3, 0.4) is 0 Å². The third kappa shape index (κ3) is 4.23. The van der Waals surface area contributed by atoms with E-state index in [1.807, 2.05) is 42.5 Å². The van der Waals surface area contributed by atoms with Crippen LogP contribution in [0, 0.1) is 0 Å². The lowest BCUT2D eigenvalue weighted by Gasteiger charge is -2.14. The van der Waals surface area contributed by atoms with Crippen LogP contribution in [0.4, 0.5) is 0 Å². The third-order valence-corrected chi connectivity index (χ3v) is 6.16. The van der Waals surface area contributed by atoms with E-state index in [9.17, 15) is 4.79 Å². The Labute approximate surface area is 168 Å². The van der Waals surface area contributed by atoms with Gasteiger partial charge in [0.2, 0.25) is 0 Å². The zero-order chi connectivity index (χ0) is 18.6. The topological polar surface area (TPSA) is 42.0 Å². The molecule has 1 amide bonds. The van der Waals surface area contributed by atoms with Gasteiger partial charge in [0.05, 0.1) is 26.0 Å². The molecule has 1 aliphatic rings. The Morgan fingerprint density at radius 1 is 1.19 bits per heavy atom. The van der Waals surface area contributed by atoms with Crippen molar-refractivity contribution < 1.29 is 4.79 Å². The molecule has 5 heteroatoms. The molecule has 4 rings (SSSR count). The van der Waals surface area contributed by atoms with E-state index in [4.69, 9.17) is 16.6 Å². The number of amides is 1. The second kappa shape index (κ2) is 8.24. The highest BCUT2D eigenvalue weighted by molar-refractivity contribution is 7.19. The van der Waals surface area contributed by atoms with Crippen molar-refractivity contribution in [2.45, 2.75) is 32.1 Å². The quantitative estimate of drug-likeness (QED) is 0.519. The Balaban J connectivity index is 1.59. The molecule has 3 aromatic rings. The van der Waals surface area contributed by atoms with Crippen LogP contribution in [0.25, 0.3) is 21.5 Å². The Kier molecular flexibility index (Phi) is 5.55. The summed E-state index contributed by atoms with van der Waals surface area (Å²) in [5.41, 5.74) is 3.73. The SMILES string of the molecule is O=C(NCCC1=CCCCC1)c1cc(-c2ccc(Cl)s2)nc2ccccc12. The molecule has 3 nitrogen and oxygen atoms in total. The van der Waals surface area contributed by atoms with Crippen molar-refractivity contribution in [3.8, 4) is 10.6 Å². The predicted octanol–water partition coefficient (Wildman–Crippen LogP) is 6.24. The second-order valence-electron chi connectivity index (χ2n) is 6.79. The first-order chi connectivity index (χ1) is 13.2. The summed E-state index contributed by atoms with van der Waals surface area (Å²) in [6, 6.07) is 13.5. The molecule has 2 heterocycles. The molecule has 0 atom stereocenters. The van der Waals surface area contributed by atoms with Gasteiger partial charge in [0.25, 0.3) is 5.91 Å². The zero-order valence-corrected chi connectivity index (χ0v) is 16.6. The average molecular weight is 397 g/mol. The van der Waals surface area contributed by atoms with Gasteiger partial charge < -0.3 is 5.32 Å². The molecule has 0 radical (unpaired) electrons. The van der Waals surface area contributed by atoms with Gasteiger partial charge in [-0.2, -0.15) is 0 Å². The number of hydrogen-bond acceptors (Lipinski definition) is 3. The van der Waals surface area contributed by atoms with Crippen LogP contribution in [0.1, 0.15) is 42.5 Å². The maximum Gasteiger partial charge on any atom is 0.252 e. The number of fused-ring (bicyclic) bond motifs is 1. The van der Waals surface area contributed by atoms with Crippen molar-refractivity contribution in [2.75, 3.05) is 6.54 Å². The fourth-order valence-electron chi connectivity index (χ4n) is 3.50. The number of rotatable bonds is 5. The highest BCUT2D eigenvalue weighted by Gasteiger charge is 2.15. The summed E-state index contributed by atoms with van der Waals surface area (Å²) in [7, 11) is 0. The number of aromatic nitrogens is 1. The molecule has 0 unspecified atom stereocenters. The number of hydrogen-bond donors (Lipinski definition) is 1. The zero-order valence-electron chi connectivity index (χ0n) is 15.0. The van der Waals surface area contributed by atoms with Crippen LogP contribution in [0.2, 0.25) is 4.34 Å². The average Bonchev–Trinajstić information content (AvgIpc) is 3.14. The summed E-state index contributed by atoms with van der Waals surface area (Å²) in [6.07, 6.45) is 8.15. The second-order valence-corrected chi connectivity index (χ2v) is 8.51. The monoisotopic (exact) mass is 396 g/mol. The summed E-state index contributed by atoms with van der Waals surface area (Å²) < 4.78 is 0.715. The smallest absolute Gasteiger partial charge is 0.252 e. The highest BCUT2D eigenvalue weighted by atomic mass is 35.5. The molecule has 1 aromatic carbocycles. The maximum absolute atomic E-state index is 12.9. The summed E-state index contributed by atoms with van der Waals surface area (Å²) in [5, 5.41) is 3.97. The van der Waals surface area contributed by atoms with E-state index in [1.165, 1.54) is 36.2 Å². The predicted molar refractivity (Wildman–Crippen MR) is 114 cm³/mol. The van der Waals surface area contributed by atoms with E-state index in [0.29, 0.717) is 16.4 Å². The number of pyridine rings is 1. The Hall–Kier alpha value is -2.17. The minimum absolute atomic E-state index is 0.0473. The first-order valence-corrected chi connectivity index (χ1v) is 10.5. The summed E-state index contributed by atoms with van der Waals surface area (Å²) in [5.74, 6) is -0.0473. The van der Waals surface area contributed by atoms with Crippen LogP contribution in [-0.2, 0) is 0 Å². The van der Waals surface area contributed by atoms with Gasteiger partial charge >= 0.3 is 0 Å². The van der Waals surface area contributed by atoms with E-state index in [1.54, 1.807) is 0 Å². The summed E-state index contributed by atoms with van der Waals surface area (Å²) in [4.78, 5) is 18.6. The number of allylic oxidation sites excluding steroid dienone is 1. The molecule has 0 bridgehead atoms. The first-order valence-electron chi connectivity index (χ1n) is 9.32. The van der Waals surface area contributed by atoms with E-state index in [0.717, 1.165) is 34.3 Å². The molecule has 1 N–H and O–H groups in total. The van der Waals surface area contributed by atoms with Gasteiger partial charge in [-0.1, -0.05) is 41.4 Å². The Bertz CT molecular complexity index is 1010. The van der Waals surface area contributed by atoms with E-state index in [2.05, 4.69) is 11.4 Å². The largest absolute Gasteiger partial charge is 0.352 e. The van der Waals surface area contributed by atoms with Crippen molar-refractivity contribution in [3.63, 3.8) is 0 Å². The van der Waals surface area contributed by atoms with E-state index in [-0.39, 0.29) is 5.91 Å². The number of halogens is 1. The lowest BCUT2D eigenvalue weighted by atomic mass is 9.97. The van der Waals surface area contributed by atoms with Crippen LogP contribution in [0.5, 0.6) is 0 Å². The van der Waals surface area contributed by atoms with Crippen molar-refractivity contribution in [3.05, 3.63) is 64.0 Å². The van der Waals surface area contributed by atoms with Crippen molar-refractivity contribution in [1.82, 2.24) is 10.3 Å². The van der Waals surface area contributed by atoms with Crippen LogP contribution < -0.4 is 5.32 Å². The number of carbonyl (C=O) groups excluding carboxylic acids is 1. The normalized spacial score (nSPS) is 14.2. The minimum atomic E-state index is -0.0473. The van der Waals surface area contributed by atoms with Crippen molar-refractivity contribution in [2.24, 2.45) is 0 Å². The molecule has 0 fully saturated rings. The van der Waals surface area contributed by atoms with Crippen LogP contribution >= 0.6 is 22.9 Å². The molecule has 0 saturated carbocycles. The fraction of sp³-hybridized carbons (Fsp3) is 0.273. The lowest BCUT2D eigenvalue weighted by Crippen LogP contribution is -2.25. The highest BCUT2D eigenvalue weighted by Crippen LogP contribution is 2.32. The van der Waals surface area contributed by atoms with Gasteiger partial charge in [-0.25, -0.2) is 4.98 Å². The first kappa shape index (κ1) is 18.2. The van der Waals surface area contributed by atoms with Gasteiger partial charge in [-0.3, -0.25) is 4.79 Å². The molecule has 0 aliphatic heterocycles. The van der Waals surface area contributed by atoms with Crippen molar-refractivity contribution in [1.29, 1.82) is 0 Å². The molecular formula is C22H21ClN2OS. The number of para-hydroxylation sites is 1. The standard InChI is InChI=1S/C22H21ClN2OS/c23-21-11-10-20(27-21)19-14-17(16-8-4-5-9-18(16)25-19)22(26)24-13-12-15-6-2-1-3-7-15/h4-6,8-11,14H,1-3,7,12-13H2,(H,24,26). The van der Waals surface area contributed by atoms with Crippen molar-refractivity contribution >= 4 is 39.7 Å². The Morgan fingerprint density at radius 3 is 2.85 bits per heavy atom. The van der Waals surface area contributed by atoms with Gasteiger partial charge in [-0.05, 0) is 56.4 Å². The lowest BCUT2D eigenvalue weighted by molar-refractivity contribution is 0.0955. The van der Waals surface area contributed by atoms with Gasteiger partial charge in [0.15, 0.2) is 0 Å². The van der Waals surface area contributed by atoms with Gasteiger partial charge in [0.1, 0.15) is 0 Å². The third-order valence-electron chi connectivity index (χ3n) is 4.90. The summed E-state index contributed by atoms with van der Waals surface area (Å²) >= 11 is 7.55. The number of benzene rings is 1. The molecule has 138 valence electrons. The van der Waals surface area contributed by atoms with Crippen LogP contribution in [-0.4, -0.2) is 17.4 Å². The van der Waals surface area contributed by atoms with E-state index < -0.39 is 0 Å². The van der Waals surface area contributed by atoms with Gasteiger partial charge in [-0.15, -0.1) is 11.3 Å². The van der Waals surface area contributed by atoms with Gasteiger partial charge in [0, 0.05) is 11.9 Å². The molecule has 2 aromatic heterocycles. The molecular weight excluding hydrogens is 376 g/mol. The van der Waals surface area contributed by atoms with E-state index >= 15 is 0 Å². The number of thiophene rings is 1. The number of nitrogens with zero attached hydrogens (tertiary/aromatic N) is 1. The van der Waals surface area contributed by atoms with Crippen LogP contribution in [0.15, 0.2) is 54.1 Å². The minimum Gasteiger partial charge on any atom is -0.352 e. The Morgan fingerprint density at radius 2 is 2.07 bits per heavy atom. The molecule has 0 saturated heterocycles. The molecule has 0 spiro atoms. The maximum atomic E-state index is 12.9. The molecule has 27 heavy (non-hydrogen) atoms. The number of carbonyl (C=O) groups is 1. The number of nitrogens with one attached hydrogen (secondary N) is 1. The summed E-state index contributed by atoms with van der Waals surface area (Å²) in [6.45, 7) is 0.668. The fourth-order valence-corrected chi connectivity index (χ4v) is 4.51.